The first-order chi connectivity index (χ1) is 8.37. The van der Waals surface area contributed by atoms with Gasteiger partial charge < -0.3 is 5.11 Å². The summed E-state index contributed by atoms with van der Waals surface area (Å²) in [7, 11) is -2.95. The van der Waals surface area contributed by atoms with Crippen LogP contribution in [0.15, 0.2) is 0 Å². The third-order valence-electron chi connectivity index (χ3n) is 4.13. The van der Waals surface area contributed by atoms with Crippen molar-refractivity contribution in [1.29, 1.82) is 0 Å². The van der Waals surface area contributed by atoms with Gasteiger partial charge in [0.1, 0.15) is 0 Å². The molecule has 0 aromatic heterocycles. The van der Waals surface area contributed by atoms with Gasteiger partial charge in [-0.05, 0) is 31.6 Å². The van der Waals surface area contributed by atoms with Crippen LogP contribution in [-0.4, -0.2) is 54.5 Å². The highest BCUT2D eigenvalue weighted by molar-refractivity contribution is 7.91. The van der Waals surface area contributed by atoms with Crippen molar-refractivity contribution in [2.24, 2.45) is 5.92 Å². The summed E-state index contributed by atoms with van der Waals surface area (Å²) in [5.74, 6) is 0.0875. The molecular weight excluding hydrogens is 254 g/mol. The van der Waals surface area contributed by atoms with Crippen molar-refractivity contribution in [3.05, 3.63) is 0 Å². The van der Waals surface area contributed by atoms with E-state index in [1.807, 2.05) is 4.90 Å². The van der Waals surface area contributed by atoms with Crippen LogP contribution in [0.5, 0.6) is 0 Å². The van der Waals surface area contributed by atoms with Crippen molar-refractivity contribution >= 4 is 15.8 Å². The standard InChI is InChI=1S/C12H21NO4S/c1-9-2-3-10(6-9)13(7-12(14)15)11-4-5-18(16,17)8-11/h9-11H,2-8H2,1H3,(H,14,15). The van der Waals surface area contributed by atoms with Gasteiger partial charge in [0.25, 0.3) is 0 Å². The molecule has 1 N–H and O–H groups in total. The minimum atomic E-state index is -2.95. The van der Waals surface area contributed by atoms with E-state index in [4.69, 9.17) is 5.11 Å². The first-order valence-electron chi connectivity index (χ1n) is 6.55. The van der Waals surface area contributed by atoms with Crippen molar-refractivity contribution in [2.45, 2.75) is 44.7 Å². The predicted octanol–water partition coefficient (Wildman–Crippen LogP) is 0.749. The van der Waals surface area contributed by atoms with Crippen LogP contribution in [0.3, 0.4) is 0 Å². The molecule has 3 atom stereocenters. The largest absolute Gasteiger partial charge is 0.480 e. The summed E-state index contributed by atoms with van der Waals surface area (Å²) in [5.41, 5.74) is 0. The van der Waals surface area contributed by atoms with Crippen molar-refractivity contribution in [3.63, 3.8) is 0 Å². The number of hydrogen-bond acceptors (Lipinski definition) is 4. The van der Waals surface area contributed by atoms with Crippen LogP contribution in [0.1, 0.15) is 32.6 Å². The summed E-state index contributed by atoms with van der Waals surface area (Å²) in [5, 5.41) is 9.01. The maximum absolute atomic E-state index is 11.5. The van der Waals surface area contributed by atoms with Crippen molar-refractivity contribution in [2.75, 3.05) is 18.1 Å². The Bertz CT molecular complexity index is 420. The second-order valence-electron chi connectivity index (χ2n) is 5.69. The summed E-state index contributed by atoms with van der Waals surface area (Å²) in [4.78, 5) is 12.9. The zero-order valence-electron chi connectivity index (χ0n) is 10.7. The average Bonchev–Trinajstić information content (AvgIpc) is 2.81. The van der Waals surface area contributed by atoms with E-state index in [0.717, 1.165) is 19.3 Å². The quantitative estimate of drug-likeness (QED) is 0.819. The number of rotatable bonds is 4. The van der Waals surface area contributed by atoms with Crippen LogP contribution < -0.4 is 0 Å². The Kier molecular flexibility index (Phi) is 3.96. The highest BCUT2D eigenvalue weighted by Crippen LogP contribution is 2.32. The molecule has 1 aliphatic heterocycles. The highest BCUT2D eigenvalue weighted by Gasteiger charge is 2.38. The third kappa shape index (κ3) is 3.23. The monoisotopic (exact) mass is 275 g/mol. The Morgan fingerprint density at radius 1 is 1.28 bits per heavy atom. The zero-order chi connectivity index (χ0) is 13.3. The van der Waals surface area contributed by atoms with Gasteiger partial charge in [0, 0.05) is 12.1 Å². The molecule has 0 spiro atoms. The molecule has 5 nitrogen and oxygen atoms in total. The molecule has 6 heteroatoms. The number of sulfone groups is 1. The molecule has 104 valence electrons. The number of carboxylic acid groups (broad SMARTS) is 1. The molecule has 2 rings (SSSR count). The van der Waals surface area contributed by atoms with Crippen LogP contribution in [0.25, 0.3) is 0 Å². The first kappa shape index (κ1) is 13.8. The summed E-state index contributed by atoms with van der Waals surface area (Å²) < 4.78 is 23.1. The minimum absolute atomic E-state index is 0.0302. The molecule has 1 saturated carbocycles. The minimum Gasteiger partial charge on any atom is -0.480 e. The third-order valence-corrected chi connectivity index (χ3v) is 5.88. The van der Waals surface area contributed by atoms with Crippen molar-refractivity contribution in [1.82, 2.24) is 4.90 Å². The molecule has 18 heavy (non-hydrogen) atoms. The lowest BCUT2D eigenvalue weighted by molar-refractivity contribution is -0.139. The molecule has 1 saturated heterocycles. The van der Waals surface area contributed by atoms with Crippen LogP contribution in [0.4, 0.5) is 0 Å². The summed E-state index contributed by atoms with van der Waals surface area (Å²) in [6.45, 7) is 2.14. The topological polar surface area (TPSA) is 74.7 Å². The van der Waals surface area contributed by atoms with Gasteiger partial charge >= 0.3 is 5.97 Å². The summed E-state index contributed by atoms with van der Waals surface area (Å²) in [6.07, 6.45) is 3.68. The lowest BCUT2D eigenvalue weighted by Gasteiger charge is -2.32. The number of hydrogen-bond donors (Lipinski definition) is 1. The number of nitrogens with zero attached hydrogens (tertiary/aromatic N) is 1. The molecule has 1 aliphatic carbocycles. The fourth-order valence-electron chi connectivity index (χ4n) is 3.23. The SMILES string of the molecule is CC1CCC(N(CC(=O)O)C2CCS(=O)(=O)C2)C1. The second kappa shape index (κ2) is 5.17. The Labute approximate surface area is 108 Å². The molecule has 0 aromatic carbocycles. The Hall–Kier alpha value is -0.620. The van der Waals surface area contributed by atoms with Crippen molar-refractivity contribution < 1.29 is 18.3 Å². The lowest BCUT2D eigenvalue weighted by atomic mass is 10.1. The van der Waals surface area contributed by atoms with E-state index in [1.165, 1.54) is 0 Å². The number of carbonyl (C=O) groups is 1. The first-order valence-corrected chi connectivity index (χ1v) is 8.37. The Morgan fingerprint density at radius 3 is 2.44 bits per heavy atom. The second-order valence-corrected chi connectivity index (χ2v) is 7.92. The molecule has 1 heterocycles. The zero-order valence-corrected chi connectivity index (χ0v) is 11.5. The van der Waals surface area contributed by atoms with Crippen LogP contribution in [0.2, 0.25) is 0 Å². The fourth-order valence-corrected chi connectivity index (χ4v) is 4.97. The lowest BCUT2D eigenvalue weighted by Crippen LogP contribution is -2.45. The van der Waals surface area contributed by atoms with E-state index in [1.54, 1.807) is 0 Å². The number of carboxylic acids is 1. The normalized spacial score (nSPS) is 35.1. The average molecular weight is 275 g/mol. The van der Waals surface area contributed by atoms with E-state index in [9.17, 15) is 13.2 Å². The maximum Gasteiger partial charge on any atom is 0.317 e. The molecule has 3 unspecified atom stereocenters. The molecule has 0 aromatic rings. The molecular formula is C12H21NO4S. The van der Waals surface area contributed by atoms with E-state index >= 15 is 0 Å². The van der Waals surface area contributed by atoms with Gasteiger partial charge in [0.05, 0.1) is 18.1 Å². The van der Waals surface area contributed by atoms with E-state index < -0.39 is 15.8 Å². The molecule has 0 bridgehead atoms. The van der Waals surface area contributed by atoms with E-state index in [-0.39, 0.29) is 30.1 Å². The van der Waals surface area contributed by atoms with Gasteiger partial charge in [-0.25, -0.2) is 8.42 Å². The Balaban J connectivity index is 2.08. The van der Waals surface area contributed by atoms with Crippen LogP contribution in [-0.2, 0) is 14.6 Å². The van der Waals surface area contributed by atoms with Gasteiger partial charge in [-0.2, -0.15) is 0 Å². The van der Waals surface area contributed by atoms with E-state index in [2.05, 4.69) is 6.92 Å². The summed E-state index contributed by atoms with van der Waals surface area (Å²) in [6, 6.07) is 0.149. The Morgan fingerprint density at radius 2 is 2.00 bits per heavy atom. The predicted molar refractivity (Wildman–Crippen MR) is 68.2 cm³/mol. The van der Waals surface area contributed by atoms with Gasteiger partial charge in [0.2, 0.25) is 0 Å². The van der Waals surface area contributed by atoms with Gasteiger partial charge in [-0.15, -0.1) is 0 Å². The highest BCUT2D eigenvalue weighted by atomic mass is 32.2. The van der Waals surface area contributed by atoms with Gasteiger partial charge in [0.15, 0.2) is 9.84 Å². The van der Waals surface area contributed by atoms with E-state index in [0.29, 0.717) is 12.3 Å². The molecule has 0 amide bonds. The maximum atomic E-state index is 11.5. The molecule has 0 radical (unpaired) electrons. The fraction of sp³-hybridized carbons (Fsp3) is 0.917. The van der Waals surface area contributed by atoms with Gasteiger partial charge in [-0.1, -0.05) is 6.92 Å². The van der Waals surface area contributed by atoms with Crippen LogP contribution >= 0.6 is 0 Å². The molecule has 2 aliphatic rings. The molecule has 2 fully saturated rings. The number of aliphatic carboxylic acids is 1. The summed E-state index contributed by atoms with van der Waals surface area (Å²) >= 11 is 0. The smallest absolute Gasteiger partial charge is 0.317 e. The van der Waals surface area contributed by atoms with Crippen molar-refractivity contribution in [3.8, 4) is 0 Å². The van der Waals surface area contributed by atoms with Crippen LogP contribution in [0, 0.1) is 5.92 Å². The van der Waals surface area contributed by atoms with Gasteiger partial charge in [-0.3, -0.25) is 9.69 Å².